The number of para-hydroxylation sites is 2. The molecule has 0 N–H and O–H groups in total. The Labute approximate surface area is 121 Å². The van der Waals surface area contributed by atoms with Crippen molar-refractivity contribution in [3.8, 4) is 23.0 Å². The van der Waals surface area contributed by atoms with E-state index >= 15 is 0 Å². The molecular weight excluding hydrogens is 281 g/mol. The molecule has 2 aromatic carbocycles. The van der Waals surface area contributed by atoms with E-state index in [2.05, 4.69) is 0 Å². The van der Waals surface area contributed by atoms with E-state index in [0.717, 1.165) is 0 Å². The fourth-order valence-corrected chi connectivity index (χ4v) is 1.76. The predicted molar refractivity (Wildman–Crippen MR) is 74.3 cm³/mol. The summed E-state index contributed by atoms with van der Waals surface area (Å²) in [6.07, 6.45) is 0. The molecule has 0 bridgehead atoms. The average molecular weight is 294 g/mol. The van der Waals surface area contributed by atoms with E-state index in [-0.39, 0.29) is 30.7 Å². The summed E-state index contributed by atoms with van der Waals surface area (Å²) < 4.78 is 47.3. The third-order valence-electron chi connectivity index (χ3n) is 2.70. The van der Waals surface area contributed by atoms with Crippen LogP contribution in [0.5, 0.6) is 23.0 Å². The predicted octanol–water partition coefficient (Wildman–Crippen LogP) is 2.71. The lowest BCUT2D eigenvalue weighted by Gasteiger charge is -2.13. The number of benzene rings is 2. The Morgan fingerprint density at radius 2 is 1.19 bits per heavy atom. The highest BCUT2D eigenvalue weighted by molar-refractivity contribution is 6.21. The second kappa shape index (κ2) is 6.83. The Hall–Kier alpha value is -2.44. The second-order valence-electron chi connectivity index (χ2n) is 3.95. The third-order valence-corrected chi connectivity index (χ3v) is 2.70. The van der Waals surface area contributed by atoms with Crippen LogP contribution in [0.2, 0.25) is 0 Å². The number of rotatable bonds is 6. The second-order valence-corrected chi connectivity index (χ2v) is 3.95. The van der Waals surface area contributed by atoms with Crippen molar-refractivity contribution >= 4 is 7.69 Å². The van der Waals surface area contributed by atoms with E-state index in [9.17, 15) is 8.78 Å². The molecule has 0 aliphatic heterocycles. The lowest BCUT2D eigenvalue weighted by molar-refractivity contribution is 0.349. The molecule has 0 saturated carbocycles. The molecule has 0 radical (unpaired) electrons. The molecule has 0 aliphatic carbocycles. The van der Waals surface area contributed by atoms with Crippen molar-refractivity contribution in [1.82, 2.24) is 0 Å². The molecule has 0 fully saturated rings. The van der Waals surface area contributed by atoms with Crippen LogP contribution in [0, 0.1) is 11.6 Å². The minimum atomic E-state index is -0.543. The van der Waals surface area contributed by atoms with E-state index in [0.29, 0.717) is 0 Å². The van der Waals surface area contributed by atoms with Crippen LogP contribution in [0.3, 0.4) is 0 Å². The lowest BCUT2D eigenvalue weighted by atomic mass is 10.2. The quantitative estimate of drug-likeness (QED) is 0.768. The van der Waals surface area contributed by atoms with Crippen LogP contribution in [0.4, 0.5) is 8.78 Å². The molecule has 0 saturated heterocycles. The Kier molecular flexibility index (Phi) is 4.87. The van der Waals surface area contributed by atoms with Gasteiger partial charge >= 0.3 is 7.69 Å². The van der Waals surface area contributed by atoms with Gasteiger partial charge < -0.3 is 18.8 Å². The van der Waals surface area contributed by atoms with Crippen molar-refractivity contribution in [2.75, 3.05) is 14.2 Å². The van der Waals surface area contributed by atoms with Crippen molar-refractivity contribution in [3.63, 3.8) is 0 Å². The first-order chi connectivity index (χ1) is 10.2. The van der Waals surface area contributed by atoms with Gasteiger partial charge in [-0.3, -0.25) is 0 Å². The highest BCUT2D eigenvalue weighted by Gasteiger charge is 2.13. The summed E-state index contributed by atoms with van der Waals surface area (Å²) in [6, 6.07) is 8.54. The van der Waals surface area contributed by atoms with Crippen molar-refractivity contribution in [3.05, 3.63) is 48.0 Å². The molecule has 0 spiro atoms. The van der Waals surface area contributed by atoms with Gasteiger partial charge in [0.25, 0.3) is 0 Å². The topological polar surface area (TPSA) is 36.9 Å². The number of ether oxygens (including phenoxy) is 2. The zero-order valence-electron chi connectivity index (χ0n) is 11.6. The standard InChI is InChI=1S/C14H13BF2O4/c1-18-13-9(16)5-3-7-11(13)20-15-21-12-8-4-6-10(17)14(12)19-2/h3-8,15H,1-2H3. The molecule has 4 nitrogen and oxygen atoms in total. The fraction of sp³-hybridized carbons (Fsp3) is 0.143. The van der Waals surface area contributed by atoms with E-state index in [1.165, 1.54) is 50.6 Å². The van der Waals surface area contributed by atoms with Crippen LogP contribution in [-0.4, -0.2) is 21.9 Å². The Bertz CT molecular complexity index is 568. The van der Waals surface area contributed by atoms with Crippen LogP contribution in [0.15, 0.2) is 36.4 Å². The van der Waals surface area contributed by atoms with Crippen LogP contribution >= 0.6 is 0 Å². The summed E-state index contributed by atoms with van der Waals surface area (Å²) in [5.74, 6) is -0.753. The van der Waals surface area contributed by atoms with Crippen LogP contribution in [0.25, 0.3) is 0 Å². The summed E-state index contributed by atoms with van der Waals surface area (Å²) in [4.78, 5) is 0. The molecule has 2 aromatic rings. The summed E-state index contributed by atoms with van der Waals surface area (Å²) in [5, 5.41) is 0. The van der Waals surface area contributed by atoms with Gasteiger partial charge in [-0.1, -0.05) is 12.1 Å². The van der Waals surface area contributed by atoms with E-state index < -0.39 is 11.6 Å². The highest BCUT2D eigenvalue weighted by atomic mass is 19.1. The van der Waals surface area contributed by atoms with Crippen molar-refractivity contribution in [2.24, 2.45) is 0 Å². The maximum Gasteiger partial charge on any atom is 0.576 e. The van der Waals surface area contributed by atoms with Gasteiger partial charge in [0.15, 0.2) is 23.1 Å². The number of hydrogen-bond acceptors (Lipinski definition) is 4. The van der Waals surface area contributed by atoms with Gasteiger partial charge in [-0.2, -0.15) is 0 Å². The van der Waals surface area contributed by atoms with E-state index in [1.807, 2.05) is 0 Å². The molecule has 0 aliphatic rings. The largest absolute Gasteiger partial charge is 0.576 e. The molecule has 0 amide bonds. The maximum atomic E-state index is 13.5. The molecule has 0 heterocycles. The maximum absolute atomic E-state index is 13.5. The first-order valence-corrected chi connectivity index (χ1v) is 6.08. The summed E-state index contributed by atoms with van der Waals surface area (Å²) in [7, 11) is 2.42. The molecule has 21 heavy (non-hydrogen) atoms. The summed E-state index contributed by atoms with van der Waals surface area (Å²) in [6.45, 7) is 0. The monoisotopic (exact) mass is 294 g/mol. The first kappa shape index (κ1) is 15.0. The van der Waals surface area contributed by atoms with Crippen molar-refractivity contribution in [1.29, 1.82) is 0 Å². The lowest BCUT2D eigenvalue weighted by Crippen LogP contribution is -2.12. The smallest absolute Gasteiger partial charge is 0.526 e. The van der Waals surface area contributed by atoms with Gasteiger partial charge in [-0.15, -0.1) is 0 Å². The Balaban J connectivity index is 2.06. The van der Waals surface area contributed by atoms with Crippen LogP contribution < -0.4 is 18.8 Å². The van der Waals surface area contributed by atoms with Gasteiger partial charge in [0.1, 0.15) is 11.5 Å². The summed E-state index contributed by atoms with van der Waals surface area (Å²) >= 11 is 0. The first-order valence-electron chi connectivity index (χ1n) is 6.08. The number of methoxy groups -OCH3 is 2. The van der Waals surface area contributed by atoms with Gasteiger partial charge in [-0.25, -0.2) is 8.78 Å². The zero-order chi connectivity index (χ0) is 15.2. The van der Waals surface area contributed by atoms with E-state index in [1.54, 1.807) is 0 Å². The molecule has 2 rings (SSSR count). The molecular formula is C14H13BF2O4. The van der Waals surface area contributed by atoms with Gasteiger partial charge in [-0.05, 0) is 24.3 Å². The number of hydrogen-bond donors (Lipinski definition) is 0. The van der Waals surface area contributed by atoms with Crippen LogP contribution in [-0.2, 0) is 0 Å². The molecule has 0 unspecified atom stereocenters. The van der Waals surface area contributed by atoms with Gasteiger partial charge in [0, 0.05) is 0 Å². The van der Waals surface area contributed by atoms with Gasteiger partial charge in [0.2, 0.25) is 0 Å². The minimum absolute atomic E-state index is 0.0210. The molecule has 110 valence electrons. The fourth-order valence-electron chi connectivity index (χ4n) is 1.76. The van der Waals surface area contributed by atoms with E-state index in [4.69, 9.17) is 18.8 Å². The highest BCUT2D eigenvalue weighted by Crippen LogP contribution is 2.31. The third kappa shape index (κ3) is 3.36. The van der Waals surface area contributed by atoms with Crippen molar-refractivity contribution in [2.45, 2.75) is 0 Å². The zero-order valence-corrected chi connectivity index (χ0v) is 11.6. The Morgan fingerprint density at radius 1 is 0.762 bits per heavy atom. The molecule has 0 aromatic heterocycles. The average Bonchev–Trinajstić information content (AvgIpc) is 2.47. The van der Waals surface area contributed by atoms with Gasteiger partial charge in [0.05, 0.1) is 14.2 Å². The Morgan fingerprint density at radius 3 is 1.57 bits per heavy atom. The molecule has 7 heteroatoms. The summed E-state index contributed by atoms with van der Waals surface area (Å²) in [5.41, 5.74) is 0. The SMILES string of the molecule is COc1c(F)cccc1OBOc1cccc(F)c1OC. The molecule has 0 atom stereocenters. The minimum Gasteiger partial charge on any atom is -0.526 e. The van der Waals surface area contributed by atoms with Crippen molar-refractivity contribution < 1.29 is 27.6 Å². The normalized spacial score (nSPS) is 9.90. The number of halogens is 2. The van der Waals surface area contributed by atoms with Crippen LogP contribution in [0.1, 0.15) is 0 Å².